The van der Waals surface area contributed by atoms with Gasteiger partial charge in [0.05, 0.1) is 13.2 Å². The molecule has 1 unspecified atom stereocenters. The van der Waals surface area contributed by atoms with Gasteiger partial charge in [-0.2, -0.15) is 0 Å². The van der Waals surface area contributed by atoms with Gasteiger partial charge in [0.15, 0.2) is 5.79 Å². The summed E-state index contributed by atoms with van der Waals surface area (Å²) in [6.07, 6.45) is 5.04. The van der Waals surface area contributed by atoms with Crippen LogP contribution < -0.4 is 0 Å². The van der Waals surface area contributed by atoms with E-state index in [0.29, 0.717) is 0 Å². The molecule has 0 bridgehead atoms. The SMILES string of the molecule is CC1CC2(CCC3(CC2)OCCCO3)OC(=O)N1C. The number of carbonyl (C=O) groups is 1. The third-order valence-electron chi connectivity index (χ3n) is 4.86. The van der Waals surface area contributed by atoms with E-state index in [2.05, 4.69) is 6.92 Å². The van der Waals surface area contributed by atoms with Crippen LogP contribution in [0.25, 0.3) is 0 Å². The van der Waals surface area contributed by atoms with Gasteiger partial charge in [-0.25, -0.2) is 4.79 Å². The molecule has 0 aromatic heterocycles. The number of nitrogens with zero attached hydrogens (tertiary/aromatic N) is 1. The van der Waals surface area contributed by atoms with E-state index < -0.39 is 5.79 Å². The summed E-state index contributed by atoms with van der Waals surface area (Å²) in [6.45, 7) is 3.65. The average molecular weight is 269 g/mol. The summed E-state index contributed by atoms with van der Waals surface area (Å²) < 4.78 is 17.4. The predicted octanol–water partition coefficient (Wildman–Crippen LogP) is 2.29. The highest BCUT2D eigenvalue weighted by atomic mass is 16.7. The number of ether oxygens (including phenoxy) is 3. The Morgan fingerprint density at radius 2 is 1.79 bits per heavy atom. The first-order valence-corrected chi connectivity index (χ1v) is 7.28. The molecule has 2 heterocycles. The summed E-state index contributed by atoms with van der Waals surface area (Å²) >= 11 is 0. The van der Waals surface area contributed by atoms with Gasteiger partial charge in [-0.05, 0) is 26.2 Å². The first kappa shape index (κ1) is 13.2. The van der Waals surface area contributed by atoms with Crippen LogP contribution in [-0.4, -0.2) is 48.7 Å². The smallest absolute Gasteiger partial charge is 0.410 e. The molecule has 0 radical (unpaired) electrons. The standard InChI is InChI=1S/C14H23NO4/c1-11-10-13(19-12(16)15(11)2)4-6-14(7-5-13)17-8-3-9-18-14/h11H,3-10H2,1-2H3. The zero-order valence-electron chi connectivity index (χ0n) is 11.8. The van der Waals surface area contributed by atoms with Gasteiger partial charge >= 0.3 is 6.09 Å². The number of carbonyl (C=O) groups excluding carboxylic acids is 1. The molecule has 0 aromatic carbocycles. The van der Waals surface area contributed by atoms with Gasteiger partial charge in [0.2, 0.25) is 0 Å². The molecule has 1 saturated carbocycles. The van der Waals surface area contributed by atoms with Gasteiger partial charge < -0.3 is 19.1 Å². The molecule has 3 aliphatic rings. The minimum Gasteiger partial charge on any atom is -0.443 e. The van der Waals surface area contributed by atoms with Crippen molar-refractivity contribution in [2.24, 2.45) is 0 Å². The summed E-state index contributed by atoms with van der Waals surface area (Å²) in [4.78, 5) is 13.6. The first-order chi connectivity index (χ1) is 9.04. The number of rotatable bonds is 0. The van der Waals surface area contributed by atoms with E-state index in [9.17, 15) is 4.79 Å². The van der Waals surface area contributed by atoms with Gasteiger partial charge in [0, 0.05) is 32.4 Å². The van der Waals surface area contributed by atoms with Gasteiger partial charge in [0.25, 0.3) is 0 Å². The number of hydrogen-bond donors (Lipinski definition) is 0. The Kier molecular flexibility index (Phi) is 3.21. The molecule has 5 nitrogen and oxygen atoms in total. The van der Waals surface area contributed by atoms with Crippen LogP contribution in [0.1, 0.15) is 45.4 Å². The molecule has 1 aliphatic carbocycles. The molecule has 0 aromatic rings. The molecule has 1 atom stereocenters. The normalized spacial score (nSPS) is 33.5. The second-order valence-corrected chi connectivity index (χ2v) is 6.18. The topological polar surface area (TPSA) is 48.0 Å². The molecular formula is C14H23NO4. The number of amides is 1. The quantitative estimate of drug-likeness (QED) is 0.677. The monoisotopic (exact) mass is 269 g/mol. The third kappa shape index (κ3) is 2.34. The van der Waals surface area contributed by atoms with E-state index in [1.54, 1.807) is 11.9 Å². The van der Waals surface area contributed by atoms with Crippen molar-refractivity contribution in [2.75, 3.05) is 20.3 Å². The third-order valence-corrected chi connectivity index (χ3v) is 4.86. The van der Waals surface area contributed by atoms with Crippen LogP contribution in [0.2, 0.25) is 0 Å². The van der Waals surface area contributed by atoms with E-state index in [0.717, 1.165) is 51.7 Å². The summed E-state index contributed by atoms with van der Waals surface area (Å²) in [6, 6.07) is 0.239. The number of hydrogen-bond acceptors (Lipinski definition) is 4. The van der Waals surface area contributed by atoms with Crippen molar-refractivity contribution in [1.29, 1.82) is 0 Å². The molecule has 19 heavy (non-hydrogen) atoms. The molecule has 108 valence electrons. The van der Waals surface area contributed by atoms with Gasteiger partial charge in [-0.1, -0.05) is 0 Å². The maximum atomic E-state index is 11.9. The lowest BCUT2D eigenvalue weighted by Gasteiger charge is -2.50. The lowest BCUT2D eigenvalue weighted by Crippen LogP contribution is -2.56. The van der Waals surface area contributed by atoms with Crippen LogP contribution in [0, 0.1) is 0 Å². The molecular weight excluding hydrogens is 246 g/mol. The fourth-order valence-electron chi connectivity index (χ4n) is 3.45. The molecule has 3 rings (SSSR count). The van der Waals surface area contributed by atoms with Crippen molar-refractivity contribution in [3.05, 3.63) is 0 Å². The summed E-state index contributed by atoms with van der Waals surface area (Å²) in [7, 11) is 1.80. The van der Waals surface area contributed by atoms with E-state index >= 15 is 0 Å². The van der Waals surface area contributed by atoms with E-state index in [-0.39, 0.29) is 17.7 Å². The Morgan fingerprint density at radius 3 is 2.37 bits per heavy atom. The molecule has 5 heteroatoms. The Morgan fingerprint density at radius 1 is 1.16 bits per heavy atom. The molecule has 3 fully saturated rings. The molecule has 1 amide bonds. The summed E-state index contributed by atoms with van der Waals surface area (Å²) in [5.41, 5.74) is -0.293. The zero-order chi connectivity index (χ0) is 13.5. The van der Waals surface area contributed by atoms with Crippen LogP contribution in [0.4, 0.5) is 4.79 Å². The van der Waals surface area contributed by atoms with Crippen molar-refractivity contribution in [2.45, 2.75) is 62.9 Å². The van der Waals surface area contributed by atoms with Crippen molar-refractivity contribution in [1.82, 2.24) is 4.90 Å². The lowest BCUT2D eigenvalue weighted by molar-refractivity contribution is -0.294. The highest BCUT2D eigenvalue weighted by Crippen LogP contribution is 2.45. The summed E-state index contributed by atoms with van der Waals surface area (Å²) in [5, 5.41) is 0. The second kappa shape index (κ2) is 4.63. The molecule has 2 spiro atoms. The minimum absolute atomic E-state index is 0.194. The Balaban J connectivity index is 1.67. The van der Waals surface area contributed by atoms with E-state index in [4.69, 9.17) is 14.2 Å². The maximum absolute atomic E-state index is 11.9. The largest absolute Gasteiger partial charge is 0.443 e. The Bertz CT molecular complexity index is 354. The van der Waals surface area contributed by atoms with Crippen LogP contribution in [-0.2, 0) is 14.2 Å². The Hall–Kier alpha value is -0.810. The lowest BCUT2D eigenvalue weighted by atomic mass is 9.76. The summed E-state index contributed by atoms with van der Waals surface area (Å²) in [5.74, 6) is -0.400. The van der Waals surface area contributed by atoms with Gasteiger partial charge in [-0.15, -0.1) is 0 Å². The van der Waals surface area contributed by atoms with E-state index in [1.807, 2.05) is 0 Å². The maximum Gasteiger partial charge on any atom is 0.410 e. The second-order valence-electron chi connectivity index (χ2n) is 6.18. The van der Waals surface area contributed by atoms with Gasteiger partial charge in [0.1, 0.15) is 5.60 Å². The predicted molar refractivity (Wildman–Crippen MR) is 68.8 cm³/mol. The molecule has 2 aliphatic heterocycles. The van der Waals surface area contributed by atoms with Crippen molar-refractivity contribution in [3.8, 4) is 0 Å². The van der Waals surface area contributed by atoms with Crippen molar-refractivity contribution in [3.63, 3.8) is 0 Å². The van der Waals surface area contributed by atoms with Crippen LogP contribution in [0.5, 0.6) is 0 Å². The van der Waals surface area contributed by atoms with Crippen molar-refractivity contribution < 1.29 is 19.0 Å². The minimum atomic E-state index is -0.400. The molecule has 2 saturated heterocycles. The zero-order valence-corrected chi connectivity index (χ0v) is 11.8. The van der Waals surface area contributed by atoms with Crippen molar-refractivity contribution >= 4 is 6.09 Å². The molecule has 0 N–H and O–H groups in total. The van der Waals surface area contributed by atoms with Crippen LogP contribution in [0.3, 0.4) is 0 Å². The van der Waals surface area contributed by atoms with Crippen LogP contribution in [0.15, 0.2) is 0 Å². The van der Waals surface area contributed by atoms with E-state index in [1.165, 1.54) is 0 Å². The fraction of sp³-hybridized carbons (Fsp3) is 0.929. The fourth-order valence-corrected chi connectivity index (χ4v) is 3.45. The highest BCUT2D eigenvalue weighted by molar-refractivity contribution is 5.69. The first-order valence-electron chi connectivity index (χ1n) is 7.28. The Labute approximate surface area is 114 Å². The highest BCUT2D eigenvalue weighted by Gasteiger charge is 2.50. The van der Waals surface area contributed by atoms with Crippen LogP contribution >= 0.6 is 0 Å². The van der Waals surface area contributed by atoms with Gasteiger partial charge in [-0.3, -0.25) is 0 Å². The average Bonchev–Trinajstić information content (AvgIpc) is 2.41.